The molecule has 5 nitrogen and oxygen atoms in total. The van der Waals surface area contributed by atoms with E-state index in [9.17, 15) is 9.59 Å². The molecule has 1 N–H and O–H groups in total. The molecule has 0 aliphatic rings. The van der Waals surface area contributed by atoms with E-state index in [2.05, 4.69) is 10.4 Å². The zero-order valence-electron chi connectivity index (χ0n) is 13.1. The van der Waals surface area contributed by atoms with Gasteiger partial charge in [0.15, 0.2) is 0 Å². The van der Waals surface area contributed by atoms with Crippen LogP contribution in [0.15, 0.2) is 29.1 Å². The molecular weight excluding hydrogens is 298 g/mol. The van der Waals surface area contributed by atoms with Crippen molar-refractivity contribution < 1.29 is 4.79 Å². The summed E-state index contributed by atoms with van der Waals surface area (Å²) in [6.07, 6.45) is 2.03. The Morgan fingerprint density at radius 2 is 2.09 bits per heavy atom. The van der Waals surface area contributed by atoms with E-state index in [-0.39, 0.29) is 11.1 Å². The maximum atomic E-state index is 12.5. The van der Waals surface area contributed by atoms with Crippen molar-refractivity contribution in [2.45, 2.75) is 19.6 Å². The topological polar surface area (TPSA) is 64.0 Å². The average Bonchev–Trinajstić information content (AvgIpc) is 2.46. The molecule has 0 unspecified atom stereocenters. The molecule has 1 aromatic heterocycles. The number of hydrogen-bond acceptors (Lipinski definition) is 4. The molecule has 0 aliphatic carbocycles. The number of nitrogens with zero attached hydrogens (tertiary/aromatic N) is 2. The Morgan fingerprint density at radius 1 is 1.36 bits per heavy atom. The highest BCUT2D eigenvalue weighted by molar-refractivity contribution is 7.97. The van der Waals surface area contributed by atoms with Crippen molar-refractivity contribution in [1.29, 1.82) is 0 Å². The number of amides is 1. The van der Waals surface area contributed by atoms with Crippen LogP contribution in [0.2, 0.25) is 0 Å². The molecule has 0 fully saturated rings. The molecule has 0 saturated heterocycles. The first-order valence-corrected chi connectivity index (χ1v) is 8.27. The number of carbonyl (C=O) groups is 1. The predicted molar refractivity (Wildman–Crippen MR) is 90.6 cm³/mol. The minimum atomic E-state index is -0.398. The van der Waals surface area contributed by atoms with Crippen LogP contribution in [0.5, 0.6) is 0 Å². The summed E-state index contributed by atoms with van der Waals surface area (Å²) in [5.41, 5.74) is 2.85. The number of carbonyl (C=O) groups excluding carboxylic acids is 1. The number of rotatable bonds is 4. The van der Waals surface area contributed by atoms with Gasteiger partial charge in [-0.2, -0.15) is 16.9 Å². The van der Waals surface area contributed by atoms with Crippen LogP contribution in [0.25, 0.3) is 0 Å². The molecule has 0 atom stereocenters. The van der Waals surface area contributed by atoms with E-state index >= 15 is 0 Å². The Kier molecular flexibility index (Phi) is 5.03. The molecule has 0 aliphatic heterocycles. The number of aromatic nitrogens is 2. The van der Waals surface area contributed by atoms with Gasteiger partial charge in [0.1, 0.15) is 5.56 Å². The van der Waals surface area contributed by atoms with Gasteiger partial charge in [-0.25, -0.2) is 4.68 Å². The first-order valence-electron chi connectivity index (χ1n) is 6.87. The van der Waals surface area contributed by atoms with Crippen LogP contribution in [-0.2, 0) is 12.8 Å². The molecule has 0 spiro atoms. The first kappa shape index (κ1) is 16.3. The summed E-state index contributed by atoms with van der Waals surface area (Å²) in [4.78, 5) is 24.7. The molecule has 1 heterocycles. The molecule has 2 rings (SSSR count). The number of benzene rings is 1. The second kappa shape index (κ2) is 6.79. The third kappa shape index (κ3) is 3.39. The maximum absolute atomic E-state index is 12.5. The van der Waals surface area contributed by atoms with E-state index in [1.165, 1.54) is 4.68 Å². The van der Waals surface area contributed by atoms with E-state index in [1.54, 1.807) is 32.7 Å². The highest BCUT2D eigenvalue weighted by Gasteiger charge is 2.18. The fourth-order valence-electron chi connectivity index (χ4n) is 2.22. The summed E-state index contributed by atoms with van der Waals surface area (Å²) < 4.78 is 1.20. The lowest BCUT2D eigenvalue weighted by Gasteiger charge is -2.11. The molecule has 116 valence electrons. The third-order valence-electron chi connectivity index (χ3n) is 3.45. The van der Waals surface area contributed by atoms with Crippen molar-refractivity contribution in [3.05, 3.63) is 57.0 Å². The summed E-state index contributed by atoms with van der Waals surface area (Å²) in [6.45, 7) is 3.52. The molecule has 0 bridgehead atoms. The van der Waals surface area contributed by atoms with Crippen molar-refractivity contribution in [2.75, 3.05) is 11.6 Å². The maximum Gasteiger partial charge on any atom is 0.279 e. The third-order valence-corrected chi connectivity index (χ3v) is 4.07. The summed E-state index contributed by atoms with van der Waals surface area (Å²) in [5.74, 6) is 0.476. The highest BCUT2D eigenvalue weighted by Crippen LogP contribution is 2.16. The zero-order chi connectivity index (χ0) is 16.3. The van der Waals surface area contributed by atoms with E-state index in [0.29, 0.717) is 16.9 Å². The van der Waals surface area contributed by atoms with E-state index in [0.717, 1.165) is 11.3 Å². The minimum absolute atomic E-state index is 0.144. The van der Waals surface area contributed by atoms with Crippen LogP contribution in [0, 0.1) is 13.8 Å². The van der Waals surface area contributed by atoms with Crippen LogP contribution < -0.4 is 10.9 Å². The Hall–Kier alpha value is -2.08. The van der Waals surface area contributed by atoms with E-state index < -0.39 is 5.91 Å². The van der Waals surface area contributed by atoms with Gasteiger partial charge in [-0.15, -0.1) is 0 Å². The summed E-state index contributed by atoms with van der Waals surface area (Å²) in [6, 6.07) is 7.63. The Balaban J connectivity index is 2.34. The fourth-order valence-corrected chi connectivity index (χ4v) is 2.73. The van der Waals surface area contributed by atoms with Gasteiger partial charge in [0.2, 0.25) is 0 Å². The minimum Gasteiger partial charge on any atom is -0.322 e. The molecule has 2 aromatic rings. The van der Waals surface area contributed by atoms with Gasteiger partial charge in [0.25, 0.3) is 11.5 Å². The van der Waals surface area contributed by atoms with Crippen LogP contribution in [0.3, 0.4) is 0 Å². The Morgan fingerprint density at radius 3 is 2.77 bits per heavy atom. The van der Waals surface area contributed by atoms with Crippen LogP contribution in [0.1, 0.15) is 27.2 Å². The van der Waals surface area contributed by atoms with Gasteiger partial charge in [-0.1, -0.05) is 12.1 Å². The van der Waals surface area contributed by atoms with E-state index in [1.807, 2.05) is 30.5 Å². The molecule has 1 amide bonds. The first-order chi connectivity index (χ1) is 10.4. The van der Waals surface area contributed by atoms with Crippen LogP contribution in [0.4, 0.5) is 5.69 Å². The van der Waals surface area contributed by atoms with Crippen molar-refractivity contribution in [3.8, 4) is 0 Å². The van der Waals surface area contributed by atoms with Gasteiger partial charge < -0.3 is 5.32 Å². The lowest BCUT2D eigenvalue weighted by Crippen LogP contribution is -2.31. The van der Waals surface area contributed by atoms with Crippen molar-refractivity contribution in [1.82, 2.24) is 9.78 Å². The van der Waals surface area contributed by atoms with Gasteiger partial charge in [0.05, 0.1) is 5.69 Å². The number of anilines is 1. The number of nitrogens with one attached hydrogen (secondary N) is 1. The zero-order valence-corrected chi connectivity index (χ0v) is 14.0. The Labute approximate surface area is 133 Å². The SMILES string of the molecule is CSCc1cccc(NC(=O)c2c(C)c(C)nn(C)c2=O)c1. The molecule has 1 aromatic carbocycles. The monoisotopic (exact) mass is 317 g/mol. The molecule has 0 saturated carbocycles. The smallest absolute Gasteiger partial charge is 0.279 e. The van der Waals surface area contributed by atoms with Gasteiger partial charge >= 0.3 is 0 Å². The van der Waals surface area contributed by atoms with Crippen LogP contribution in [-0.4, -0.2) is 21.9 Å². The standard InChI is InChI=1S/C16H19N3O2S/c1-10-11(2)18-19(3)16(21)14(10)15(20)17-13-7-5-6-12(8-13)9-22-4/h5-8H,9H2,1-4H3,(H,17,20). The number of hydrogen-bond donors (Lipinski definition) is 1. The van der Waals surface area contributed by atoms with Crippen molar-refractivity contribution >= 4 is 23.4 Å². The van der Waals surface area contributed by atoms with Gasteiger partial charge in [0, 0.05) is 18.5 Å². The highest BCUT2D eigenvalue weighted by atomic mass is 32.2. The lowest BCUT2D eigenvalue weighted by molar-refractivity contribution is 0.102. The quantitative estimate of drug-likeness (QED) is 0.941. The normalized spacial score (nSPS) is 10.5. The molecular formula is C16H19N3O2S. The summed E-state index contributed by atoms with van der Waals surface area (Å²) in [7, 11) is 1.55. The predicted octanol–water partition coefficient (Wildman–Crippen LogP) is 2.51. The molecule has 22 heavy (non-hydrogen) atoms. The number of aryl methyl sites for hydroxylation is 2. The van der Waals surface area contributed by atoms with E-state index in [4.69, 9.17) is 0 Å². The second-order valence-corrected chi connectivity index (χ2v) is 5.97. The van der Waals surface area contributed by atoms with Gasteiger partial charge in [-0.05, 0) is 43.4 Å². The second-order valence-electron chi connectivity index (χ2n) is 5.10. The molecule has 6 heteroatoms. The fraction of sp³-hybridized carbons (Fsp3) is 0.312. The van der Waals surface area contributed by atoms with Gasteiger partial charge in [-0.3, -0.25) is 9.59 Å². The lowest BCUT2D eigenvalue weighted by atomic mass is 10.1. The summed E-state index contributed by atoms with van der Waals surface area (Å²) >= 11 is 1.71. The number of thioether (sulfide) groups is 1. The Bertz CT molecular complexity index is 768. The average molecular weight is 317 g/mol. The van der Waals surface area contributed by atoms with Crippen molar-refractivity contribution in [3.63, 3.8) is 0 Å². The summed E-state index contributed by atoms with van der Waals surface area (Å²) in [5, 5.41) is 6.89. The van der Waals surface area contributed by atoms with Crippen molar-refractivity contribution in [2.24, 2.45) is 7.05 Å². The van der Waals surface area contributed by atoms with Crippen LogP contribution >= 0.6 is 11.8 Å². The largest absolute Gasteiger partial charge is 0.322 e. The molecule has 0 radical (unpaired) electrons.